The third kappa shape index (κ3) is 4.94. The Bertz CT molecular complexity index is 660. The highest BCUT2D eigenvalue weighted by Crippen LogP contribution is 2.23. The van der Waals surface area contributed by atoms with Crippen LogP contribution in [0.1, 0.15) is 24.0 Å². The summed E-state index contributed by atoms with van der Waals surface area (Å²) in [6.45, 7) is 2.58. The second-order valence-electron chi connectivity index (χ2n) is 6.06. The molecule has 0 bridgehead atoms. The van der Waals surface area contributed by atoms with Crippen LogP contribution in [0, 0.1) is 6.92 Å². The molecule has 23 heavy (non-hydrogen) atoms. The average molecular weight is 340 g/mol. The van der Waals surface area contributed by atoms with Crippen molar-refractivity contribution in [2.75, 3.05) is 19.9 Å². The number of nitrogens with one attached hydrogen (secondary N) is 1. The van der Waals surface area contributed by atoms with E-state index in [0.29, 0.717) is 19.4 Å². The molecule has 2 atom stereocenters. The van der Waals surface area contributed by atoms with Gasteiger partial charge in [0.05, 0.1) is 19.4 Å². The van der Waals surface area contributed by atoms with Gasteiger partial charge in [-0.05, 0) is 31.7 Å². The molecule has 1 aliphatic heterocycles. The summed E-state index contributed by atoms with van der Waals surface area (Å²) in [4.78, 5) is 13.7. The molecule has 0 radical (unpaired) electrons. The molecule has 0 saturated carbocycles. The van der Waals surface area contributed by atoms with Crippen LogP contribution in [0.15, 0.2) is 24.3 Å². The number of carbonyl (C=O) groups excluding carboxylic acids is 1. The van der Waals surface area contributed by atoms with Gasteiger partial charge in [-0.1, -0.05) is 29.8 Å². The molecule has 1 aliphatic rings. The molecule has 1 aromatic carbocycles. The van der Waals surface area contributed by atoms with Gasteiger partial charge in [0.1, 0.15) is 0 Å². The fourth-order valence-corrected chi connectivity index (χ4v) is 3.97. The van der Waals surface area contributed by atoms with E-state index in [-0.39, 0.29) is 12.1 Å². The number of nitrogens with zero attached hydrogens (tertiary/aromatic N) is 1. The zero-order valence-corrected chi connectivity index (χ0v) is 14.6. The van der Waals surface area contributed by atoms with Gasteiger partial charge in [0.25, 0.3) is 0 Å². The van der Waals surface area contributed by atoms with Crippen molar-refractivity contribution < 1.29 is 17.9 Å². The van der Waals surface area contributed by atoms with E-state index in [9.17, 15) is 13.2 Å². The lowest BCUT2D eigenvalue weighted by molar-refractivity contribution is 0.0792. The first-order chi connectivity index (χ1) is 10.8. The predicted octanol–water partition coefficient (Wildman–Crippen LogP) is 1.69. The molecule has 7 heteroatoms. The molecule has 2 unspecified atom stereocenters. The molecule has 1 amide bonds. The van der Waals surface area contributed by atoms with Gasteiger partial charge >= 0.3 is 6.09 Å². The van der Waals surface area contributed by atoms with Crippen molar-refractivity contribution in [2.45, 2.75) is 38.3 Å². The minimum absolute atomic E-state index is 0.257. The molecule has 1 saturated heterocycles. The fourth-order valence-electron chi connectivity index (χ4n) is 3.15. The van der Waals surface area contributed by atoms with Gasteiger partial charge in [-0.15, -0.1) is 0 Å². The van der Waals surface area contributed by atoms with Crippen LogP contribution in [-0.4, -0.2) is 51.4 Å². The van der Waals surface area contributed by atoms with E-state index >= 15 is 0 Å². The Labute approximate surface area is 137 Å². The summed E-state index contributed by atoms with van der Waals surface area (Å²) in [5.41, 5.74) is 2.21. The summed E-state index contributed by atoms with van der Waals surface area (Å²) in [5.74, 6) is 0. The molecule has 1 N–H and O–H groups in total. The van der Waals surface area contributed by atoms with Crippen molar-refractivity contribution in [1.82, 2.24) is 9.62 Å². The van der Waals surface area contributed by atoms with Crippen LogP contribution in [0.4, 0.5) is 4.79 Å². The second-order valence-corrected chi connectivity index (χ2v) is 7.84. The third-order valence-corrected chi connectivity index (χ3v) is 4.81. The largest absolute Gasteiger partial charge is 0.453 e. The predicted molar refractivity (Wildman–Crippen MR) is 88.8 cm³/mol. The highest BCUT2D eigenvalue weighted by molar-refractivity contribution is 7.88. The number of sulfonamides is 1. The fraction of sp³-hybridized carbons (Fsp3) is 0.562. The van der Waals surface area contributed by atoms with Crippen molar-refractivity contribution in [3.8, 4) is 0 Å². The summed E-state index contributed by atoms with van der Waals surface area (Å²) >= 11 is 0. The number of amides is 1. The second kappa shape index (κ2) is 7.31. The van der Waals surface area contributed by atoms with Crippen molar-refractivity contribution in [2.24, 2.45) is 0 Å². The van der Waals surface area contributed by atoms with Gasteiger partial charge in [0.2, 0.25) is 10.0 Å². The number of carbonyl (C=O) groups is 1. The number of hydrogen-bond acceptors (Lipinski definition) is 4. The van der Waals surface area contributed by atoms with Gasteiger partial charge in [-0.25, -0.2) is 17.9 Å². The summed E-state index contributed by atoms with van der Waals surface area (Å²) in [6, 6.07) is 7.46. The lowest BCUT2D eigenvalue weighted by Gasteiger charge is -2.40. The lowest BCUT2D eigenvalue weighted by atomic mass is 9.91. The van der Waals surface area contributed by atoms with Crippen molar-refractivity contribution in [1.29, 1.82) is 0 Å². The summed E-state index contributed by atoms with van der Waals surface area (Å²) < 4.78 is 30.8. The number of ether oxygens (including phenoxy) is 1. The van der Waals surface area contributed by atoms with Crippen LogP contribution >= 0.6 is 0 Å². The van der Waals surface area contributed by atoms with Crippen LogP contribution < -0.4 is 4.72 Å². The number of likely N-dealkylation sites (tertiary alicyclic amines) is 1. The van der Waals surface area contributed by atoms with Crippen LogP contribution in [0.5, 0.6) is 0 Å². The van der Waals surface area contributed by atoms with Crippen LogP contribution in [-0.2, 0) is 21.2 Å². The molecule has 2 rings (SSSR count). The Kier molecular flexibility index (Phi) is 5.64. The van der Waals surface area contributed by atoms with Crippen LogP contribution in [0.25, 0.3) is 0 Å². The zero-order valence-electron chi connectivity index (χ0n) is 13.8. The van der Waals surface area contributed by atoms with E-state index in [1.54, 1.807) is 4.90 Å². The summed E-state index contributed by atoms with van der Waals surface area (Å²) in [7, 11) is -1.99. The van der Waals surface area contributed by atoms with Crippen molar-refractivity contribution in [3.05, 3.63) is 35.4 Å². The minimum atomic E-state index is -3.34. The van der Waals surface area contributed by atoms with Gasteiger partial charge in [-0.2, -0.15) is 0 Å². The number of aryl methyl sites for hydroxylation is 1. The smallest absolute Gasteiger partial charge is 0.409 e. The Morgan fingerprint density at radius 3 is 2.78 bits per heavy atom. The number of hydrogen-bond donors (Lipinski definition) is 1. The Morgan fingerprint density at radius 1 is 1.43 bits per heavy atom. The Balaban J connectivity index is 2.28. The number of methoxy groups -OCH3 is 1. The highest BCUT2D eigenvalue weighted by atomic mass is 32.2. The first kappa shape index (κ1) is 17.7. The zero-order chi connectivity index (χ0) is 17.0. The van der Waals surface area contributed by atoms with Crippen LogP contribution in [0.2, 0.25) is 0 Å². The highest BCUT2D eigenvalue weighted by Gasteiger charge is 2.36. The maximum absolute atomic E-state index is 12.1. The van der Waals surface area contributed by atoms with E-state index < -0.39 is 16.1 Å². The normalized spacial score (nSPS) is 22.0. The standard InChI is InChI=1S/C16H24N2O4S/c1-12-6-4-7-13(10-12)11-15-14(17-23(3,20)21)8-5-9-18(15)16(19)22-2/h4,6-7,10,14-15,17H,5,8-9,11H2,1-3H3. The van der Waals surface area contributed by atoms with E-state index in [2.05, 4.69) is 10.8 Å². The quantitative estimate of drug-likeness (QED) is 0.905. The maximum Gasteiger partial charge on any atom is 0.409 e. The molecule has 128 valence electrons. The van der Waals surface area contributed by atoms with Crippen molar-refractivity contribution >= 4 is 16.1 Å². The van der Waals surface area contributed by atoms with E-state index in [1.807, 2.05) is 25.1 Å². The van der Waals surface area contributed by atoms with E-state index in [4.69, 9.17) is 4.74 Å². The SMILES string of the molecule is COC(=O)N1CCCC(NS(C)(=O)=O)C1Cc1cccc(C)c1. The minimum Gasteiger partial charge on any atom is -0.453 e. The lowest BCUT2D eigenvalue weighted by Crippen LogP contribution is -2.57. The summed E-state index contributed by atoms with van der Waals surface area (Å²) in [5, 5.41) is 0. The Hall–Kier alpha value is -1.60. The average Bonchev–Trinajstić information content (AvgIpc) is 2.47. The van der Waals surface area contributed by atoms with E-state index in [0.717, 1.165) is 23.8 Å². The number of piperidine rings is 1. The molecule has 6 nitrogen and oxygen atoms in total. The van der Waals surface area contributed by atoms with Crippen LogP contribution in [0.3, 0.4) is 0 Å². The number of benzene rings is 1. The molecule has 0 spiro atoms. The first-order valence-corrected chi connectivity index (χ1v) is 9.57. The molecular weight excluding hydrogens is 316 g/mol. The molecule has 0 aliphatic carbocycles. The van der Waals surface area contributed by atoms with Gasteiger partial charge < -0.3 is 9.64 Å². The maximum atomic E-state index is 12.1. The number of rotatable bonds is 4. The molecule has 0 aromatic heterocycles. The molecule has 1 aromatic rings. The topological polar surface area (TPSA) is 75.7 Å². The molecule has 1 heterocycles. The first-order valence-electron chi connectivity index (χ1n) is 7.67. The van der Waals surface area contributed by atoms with Crippen molar-refractivity contribution in [3.63, 3.8) is 0 Å². The summed E-state index contributed by atoms with van der Waals surface area (Å²) in [6.07, 6.45) is 2.77. The molecular formula is C16H24N2O4S. The monoisotopic (exact) mass is 340 g/mol. The van der Waals surface area contributed by atoms with Gasteiger partial charge in [-0.3, -0.25) is 0 Å². The van der Waals surface area contributed by atoms with E-state index in [1.165, 1.54) is 7.11 Å². The van der Waals surface area contributed by atoms with Gasteiger partial charge in [0.15, 0.2) is 0 Å². The third-order valence-electron chi connectivity index (χ3n) is 4.08. The van der Waals surface area contributed by atoms with Gasteiger partial charge in [0, 0.05) is 12.6 Å². The Morgan fingerprint density at radius 2 is 2.17 bits per heavy atom. The molecule has 1 fully saturated rings.